The number of phenols is 2. The van der Waals surface area contributed by atoms with Gasteiger partial charge in [0.05, 0.1) is 22.9 Å². The average molecular weight is 1720 g/mol. The first-order valence-corrected chi connectivity index (χ1v) is 41.8. The van der Waals surface area contributed by atoms with Crippen LogP contribution in [0, 0.1) is 55.4 Å². The van der Waals surface area contributed by atoms with Crippen LogP contribution in [-0.2, 0) is 68.7 Å². The molecule has 4 N–H and O–H groups in total. The number of alkyl halides is 4. The number of aromatic hydroxyl groups is 2. The van der Waals surface area contributed by atoms with Crippen molar-refractivity contribution < 1.29 is 96.7 Å². The van der Waals surface area contributed by atoms with E-state index in [0.29, 0.717) is 35.4 Å². The number of benzene rings is 8. The molecule has 4 aliphatic heterocycles. The van der Waals surface area contributed by atoms with Crippen LogP contribution in [0.2, 0.25) is 0 Å². The van der Waals surface area contributed by atoms with Gasteiger partial charge in [-0.15, -0.1) is 23.2 Å². The molecule has 0 amide bonds. The minimum atomic E-state index is -4.02. The third kappa shape index (κ3) is 43.2. The summed E-state index contributed by atoms with van der Waals surface area (Å²) in [6, 6.07) is 45.5. The summed E-state index contributed by atoms with van der Waals surface area (Å²) in [5.41, 5.74) is 20.9. The van der Waals surface area contributed by atoms with Gasteiger partial charge in [0.1, 0.15) is 69.3 Å². The molecule has 8 aromatic rings. The van der Waals surface area contributed by atoms with Crippen molar-refractivity contribution in [3.63, 3.8) is 0 Å². The Hall–Kier alpha value is -5.97. The van der Waals surface area contributed by atoms with Crippen LogP contribution in [0.4, 0.5) is 0 Å². The van der Waals surface area contributed by atoms with Crippen LogP contribution < -0.4 is 53.2 Å². The molecule has 12 rings (SSSR count). The summed E-state index contributed by atoms with van der Waals surface area (Å²) in [7, 11) is 4.77. The molecular formula is C89H115BCl6NaO14S2. The number of aliphatic hydroxyl groups excluding tert-OH is 1. The van der Waals surface area contributed by atoms with Crippen LogP contribution in [0.5, 0.6) is 40.2 Å². The zero-order valence-corrected chi connectivity index (χ0v) is 77.7. The molecule has 0 saturated carbocycles. The van der Waals surface area contributed by atoms with E-state index >= 15 is 0 Å². The molecule has 4 aliphatic rings. The normalized spacial score (nSPS) is 13.4. The van der Waals surface area contributed by atoms with Crippen molar-refractivity contribution in [1.82, 2.24) is 0 Å². The van der Waals surface area contributed by atoms with E-state index in [9.17, 15) is 23.4 Å². The molecule has 0 aromatic heterocycles. The fourth-order valence-electron chi connectivity index (χ4n) is 11.1. The molecule has 0 unspecified atom stereocenters. The van der Waals surface area contributed by atoms with E-state index in [2.05, 4.69) is 151 Å². The first kappa shape index (κ1) is 107. The Morgan fingerprint density at radius 2 is 0.894 bits per heavy atom. The summed E-state index contributed by atoms with van der Waals surface area (Å²) < 4.78 is 71.5. The van der Waals surface area contributed by atoms with E-state index in [4.69, 9.17) is 84.0 Å². The first-order chi connectivity index (χ1) is 51.4. The number of phenolic OH excluding ortho intramolecular Hbond substituents is 2. The number of allylic oxidation sites excluding steroid dienone is 2. The average Bonchev–Trinajstić information content (AvgIpc) is 1.65. The van der Waals surface area contributed by atoms with Crippen LogP contribution in [0.1, 0.15) is 171 Å². The number of rotatable bonds is 11. The smallest absolute Gasteiger partial charge is 1.00 e. The third-order valence-corrected chi connectivity index (χ3v) is 17.7. The summed E-state index contributed by atoms with van der Waals surface area (Å²) in [6.45, 7) is 50.4. The predicted octanol–water partition coefficient (Wildman–Crippen LogP) is 20.6. The van der Waals surface area contributed by atoms with Gasteiger partial charge in [0.15, 0.2) is 6.29 Å². The van der Waals surface area contributed by atoms with Crippen molar-refractivity contribution >= 4 is 102 Å². The third-order valence-electron chi connectivity index (χ3n) is 15.7. The van der Waals surface area contributed by atoms with E-state index in [-0.39, 0.29) is 73.3 Å². The second kappa shape index (κ2) is 51.3. The van der Waals surface area contributed by atoms with Crippen LogP contribution in [0.15, 0.2) is 187 Å². The molecule has 4 heterocycles. The van der Waals surface area contributed by atoms with Gasteiger partial charge in [0.2, 0.25) is 14.2 Å². The maximum Gasteiger partial charge on any atom is 1.00 e. The van der Waals surface area contributed by atoms with Gasteiger partial charge in [-0.3, -0.25) is 9.35 Å². The Bertz CT molecular complexity index is 4370. The molecule has 0 aliphatic carbocycles. The Labute approximate surface area is 731 Å². The molecule has 24 heteroatoms. The molecule has 613 valence electrons. The van der Waals surface area contributed by atoms with E-state index in [1.807, 2.05) is 130 Å². The number of aryl methyl sites for hydroxylation is 8. The van der Waals surface area contributed by atoms with Crippen molar-refractivity contribution in [2.75, 3.05) is 19.6 Å². The number of carbonyl (C=O) groups is 1. The number of aliphatic hydroxyl groups is 1. The van der Waals surface area contributed by atoms with Crippen LogP contribution in [-0.4, -0.2) is 94.2 Å². The molecule has 3 radical (unpaired) electrons. The van der Waals surface area contributed by atoms with Crippen molar-refractivity contribution in [2.45, 2.75) is 208 Å². The van der Waals surface area contributed by atoms with Gasteiger partial charge in [0, 0.05) is 79.6 Å². The zero-order chi connectivity index (χ0) is 84.5. The molecule has 14 nitrogen and oxygen atoms in total. The van der Waals surface area contributed by atoms with Gasteiger partial charge in [-0.2, -0.15) is 8.42 Å². The summed E-state index contributed by atoms with van der Waals surface area (Å²) in [5, 5.41) is 26.7. The molecule has 0 bridgehead atoms. The summed E-state index contributed by atoms with van der Waals surface area (Å²) in [6.07, 6.45) is 5.44. The van der Waals surface area contributed by atoms with E-state index in [1.54, 1.807) is 30.3 Å². The monoisotopic (exact) mass is 1720 g/mol. The van der Waals surface area contributed by atoms with Crippen molar-refractivity contribution in [3.05, 3.63) is 271 Å². The zero-order valence-electron chi connectivity index (χ0n) is 70.5. The standard InChI is InChI=1S/C12H15ClO.C12H16O2.C12H14O2.3C11H14O.C7H8O3S.C7H8O.C4H7Cl.C2H4Cl2O.B.Cl2OS.Na.H/c3*1-8-4-9-6-12(2,3)14-11(9)10(5-8)7-13;1-8-4-5-10-9(6-8)7-11(2,3)12-10;1-9(2)8-12-11-6-4-10(3)5-7-11;1-8(2)6-10-7-9(3)4-5-11(10)12;1-6-2-4-7(5-3-6)11(8,9)10;1-6-2-4-7(8)5-3-6;1-4(2)3-5;1-5-2(3)4;;1-4(2)3;;/h4-5H,6-7H2,1-3H3;4-5,13H,6-7H2,1-3H3;4-5,7H,6H2,1-3H3;4-6H,7H2,1-3H3;4-7H,1,8H2,2-3H3;4-5,7,12H,1,6H2,2-3H3;2-5H,1H3,(H,8,9,10);2-5,8H,1H3;1,3H2,2H3;2H,1H3;;;;/q;;;;;;;;;;;;+1;-1. The van der Waals surface area contributed by atoms with Gasteiger partial charge in [-0.25, -0.2) is 4.21 Å². The number of aldehydes is 1. The maximum absolute atomic E-state index is 10.8. The molecule has 113 heavy (non-hydrogen) atoms. The van der Waals surface area contributed by atoms with Gasteiger partial charge in [-0.1, -0.05) is 184 Å². The van der Waals surface area contributed by atoms with E-state index < -0.39 is 24.4 Å². The molecule has 0 atom stereocenters. The predicted molar refractivity (Wildman–Crippen MR) is 471 cm³/mol. The van der Waals surface area contributed by atoms with Gasteiger partial charge >= 0.3 is 29.6 Å². The summed E-state index contributed by atoms with van der Waals surface area (Å²) >= 11 is 21.1. The molecule has 0 spiro atoms. The van der Waals surface area contributed by atoms with Crippen molar-refractivity contribution in [3.8, 4) is 40.2 Å². The molecule has 8 aromatic carbocycles. The minimum Gasteiger partial charge on any atom is -1.00 e. The molecule has 0 saturated heterocycles. The summed E-state index contributed by atoms with van der Waals surface area (Å²) in [5.74, 6) is 6.45. The number of fused-ring (bicyclic) bond motifs is 4. The van der Waals surface area contributed by atoms with Gasteiger partial charge in [0.25, 0.3) is 10.1 Å². The van der Waals surface area contributed by atoms with Crippen LogP contribution >= 0.6 is 67.8 Å². The van der Waals surface area contributed by atoms with Crippen LogP contribution in [0.25, 0.3) is 0 Å². The number of hydrogen-bond acceptors (Lipinski definition) is 13. The second-order valence-corrected chi connectivity index (χ2v) is 35.6. The Balaban J connectivity index is 0. The van der Waals surface area contributed by atoms with Gasteiger partial charge < -0.3 is 45.2 Å². The quantitative estimate of drug-likeness (QED) is 0.0238. The van der Waals surface area contributed by atoms with Crippen LogP contribution in [0.3, 0.4) is 0 Å². The Morgan fingerprint density at radius 1 is 0.540 bits per heavy atom. The molecular weight excluding hydrogens is 1600 g/mol. The van der Waals surface area contributed by atoms with Crippen molar-refractivity contribution in [1.29, 1.82) is 0 Å². The number of halogens is 6. The Morgan fingerprint density at radius 3 is 1.29 bits per heavy atom. The van der Waals surface area contributed by atoms with E-state index in [1.165, 1.54) is 69.3 Å². The maximum atomic E-state index is 10.8. The summed E-state index contributed by atoms with van der Waals surface area (Å²) in [4.78, 5) is 10.8. The van der Waals surface area contributed by atoms with Crippen molar-refractivity contribution in [2.24, 2.45) is 0 Å². The minimum absolute atomic E-state index is 0. The topological polar surface area (TPSA) is 205 Å². The number of hydrogen-bond donors (Lipinski definition) is 4. The van der Waals surface area contributed by atoms with E-state index in [0.717, 1.165) is 117 Å². The Kier molecular flexibility index (Phi) is 48.6. The SMILES string of the molecule is C=C(C)CCl.C=C(C)COc1ccc(C)cc1.C=C(C)Cc1cc(C)ccc1O.COC(Cl)Cl.Cc1cc(C=O)c2c(c1)CC(C)(C)O2.Cc1cc(CCl)c2c(c1)CC(C)(C)O2.Cc1cc(CO)c2c(c1)CC(C)(C)O2.Cc1ccc(O)cc1.Cc1ccc(S(=O)(=O)O)cc1.Cc1ccc2c(c1)CC(C)(C)O2.O=S(Cl)Cl.[B].[H-].[Na+]. The largest absolute Gasteiger partial charge is 1.00 e. The fourth-order valence-corrected chi connectivity index (χ4v) is 11.8. The number of methoxy groups -OCH3 is 1. The number of carbonyl (C=O) groups excluding carboxylic acids is 1. The second-order valence-electron chi connectivity index (χ2n) is 30.1. The fraction of sp³-hybridized carbons (Fsp3) is 0.382. The number of ether oxygens (including phenoxy) is 6. The van der Waals surface area contributed by atoms with Gasteiger partial charge in [-0.05, 0) is 232 Å². The molecule has 0 fully saturated rings. The first-order valence-electron chi connectivity index (χ1n) is 35.6.